The lowest BCUT2D eigenvalue weighted by atomic mass is 10.1. The summed E-state index contributed by atoms with van der Waals surface area (Å²) in [4.78, 5) is 0. The van der Waals surface area contributed by atoms with E-state index in [9.17, 15) is 5.11 Å². The van der Waals surface area contributed by atoms with Crippen molar-refractivity contribution in [3.63, 3.8) is 0 Å². The Hall–Kier alpha value is -1.10. The molecule has 0 amide bonds. The summed E-state index contributed by atoms with van der Waals surface area (Å²) in [5.74, 6) is 1.19. The summed E-state index contributed by atoms with van der Waals surface area (Å²) in [7, 11) is 0. The van der Waals surface area contributed by atoms with Crippen molar-refractivity contribution in [2.45, 2.75) is 19.4 Å². The van der Waals surface area contributed by atoms with Crippen molar-refractivity contribution in [1.82, 2.24) is 0 Å². The van der Waals surface area contributed by atoms with Crippen LogP contribution in [0.5, 0.6) is 5.75 Å². The lowest BCUT2D eigenvalue weighted by Gasteiger charge is -2.16. The van der Waals surface area contributed by atoms with E-state index in [1.54, 1.807) is 0 Å². The lowest BCUT2D eigenvalue weighted by molar-refractivity contribution is 0.0174. The van der Waals surface area contributed by atoms with Crippen LogP contribution in [0.15, 0.2) is 24.3 Å². The molecule has 4 heteroatoms. The van der Waals surface area contributed by atoms with Crippen LogP contribution in [0.1, 0.15) is 25.0 Å². The van der Waals surface area contributed by atoms with Gasteiger partial charge in [-0.05, 0) is 19.4 Å². The van der Waals surface area contributed by atoms with Gasteiger partial charge in [0.1, 0.15) is 11.9 Å². The van der Waals surface area contributed by atoms with Crippen molar-refractivity contribution in [2.75, 3.05) is 33.0 Å². The van der Waals surface area contributed by atoms with Crippen LogP contribution in [0.3, 0.4) is 0 Å². The van der Waals surface area contributed by atoms with Gasteiger partial charge >= 0.3 is 0 Å². The zero-order valence-electron chi connectivity index (χ0n) is 11.4. The third-order valence-electron chi connectivity index (χ3n) is 3.23. The molecule has 1 fully saturated rings. The number of para-hydroxylation sites is 1. The van der Waals surface area contributed by atoms with E-state index < -0.39 is 6.10 Å². The normalized spacial score (nSPS) is 20.4. The van der Waals surface area contributed by atoms with Gasteiger partial charge in [0.15, 0.2) is 0 Å². The van der Waals surface area contributed by atoms with Crippen molar-refractivity contribution in [3.05, 3.63) is 29.8 Å². The zero-order valence-corrected chi connectivity index (χ0v) is 11.4. The zero-order chi connectivity index (χ0) is 13.5. The number of hydrogen-bond acceptors (Lipinski definition) is 4. The van der Waals surface area contributed by atoms with Crippen LogP contribution >= 0.6 is 0 Å². The Balaban J connectivity index is 1.82. The van der Waals surface area contributed by atoms with Gasteiger partial charge < -0.3 is 19.3 Å². The largest absolute Gasteiger partial charge is 0.493 e. The topological polar surface area (TPSA) is 47.9 Å². The molecule has 0 saturated carbocycles. The van der Waals surface area contributed by atoms with Crippen molar-refractivity contribution in [1.29, 1.82) is 0 Å². The van der Waals surface area contributed by atoms with E-state index >= 15 is 0 Å². The summed E-state index contributed by atoms with van der Waals surface area (Å²) in [6.07, 6.45) is 0.399. The maximum absolute atomic E-state index is 10.2. The molecule has 4 nitrogen and oxygen atoms in total. The van der Waals surface area contributed by atoms with Crippen LogP contribution < -0.4 is 4.74 Å². The van der Waals surface area contributed by atoms with Gasteiger partial charge in [0.05, 0.1) is 26.4 Å². The molecule has 2 atom stereocenters. The molecule has 1 aliphatic heterocycles. The molecule has 0 radical (unpaired) electrons. The highest BCUT2D eigenvalue weighted by atomic mass is 16.5. The second kappa shape index (κ2) is 7.48. The smallest absolute Gasteiger partial charge is 0.125 e. The fourth-order valence-corrected chi connectivity index (χ4v) is 2.19. The number of benzene rings is 1. The van der Waals surface area contributed by atoms with Gasteiger partial charge in [-0.15, -0.1) is 0 Å². The van der Waals surface area contributed by atoms with Crippen LogP contribution in [0.4, 0.5) is 0 Å². The van der Waals surface area contributed by atoms with E-state index in [1.807, 2.05) is 31.2 Å². The molecule has 1 aliphatic rings. The monoisotopic (exact) mass is 266 g/mol. The molecule has 2 rings (SSSR count). The van der Waals surface area contributed by atoms with E-state index in [1.165, 1.54) is 0 Å². The second-order valence-corrected chi connectivity index (χ2v) is 4.75. The first kappa shape index (κ1) is 14.3. The molecule has 1 heterocycles. The molecule has 0 aromatic heterocycles. The molecule has 1 N–H and O–H groups in total. The minimum Gasteiger partial charge on any atom is -0.493 e. The standard InChI is InChI=1S/C15H22O4/c1-2-19-15-6-4-3-5-13(15)14(16)11-18-10-12-7-8-17-9-12/h3-6,12,14,16H,2,7-11H2,1H3. The van der Waals surface area contributed by atoms with Crippen LogP contribution in [0, 0.1) is 5.92 Å². The Labute approximate surface area is 114 Å². The van der Waals surface area contributed by atoms with E-state index in [0.717, 1.165) is 30.9 Å². The van der Waals surface area contributed by atoms with Crippen LogP contribution in [-0.2, 0) is 9.47 Å². The Morgan fingerprint density at radius 2 is 2.26 bits per heavy atom. The molecule has 1 aromatic rings. The van der Waals surface area contributed by atoms with E-state index in [0.29, 0.717) is 25.7 Å². The first-order chi connectivity index (χ1) is 9.31. The maximum atomic E-state index is 10.2. The molecule has 0 aliphatic carbocycles. The molecular formula is C15H22O4. The molecule has 0 bridgehead atoms. The first-order valence-corrected chi connectivity index (χ1v) is 6.86. The van der Waals surface area contributed by atoms with E-state index in [2.05, 4.69) is 0 Å². The van der Waals surface area contributed by atoms with Gasteiger partial charge in [-0.25, -0.2) is 0 Å². The third-order valence-corrected chi connectivity index (χ3v) is 3.23. The SMILES string of the molecule is CCOc1ccccc1C(O)COCC1CCOC1. The highest BCUT2D eigenvalue weighted by Gasteiger charge is 2.18. The summed E-state index contributed by atoms with van der Waals surface area (Å²) >= 11 is 0. The molecule has 0 spiro atoms. The highest BCUT2D eigenvalue weighted by Crippen LogP contribution is 2.25. The number of hydrogen-bond donors (Lipinski definition) is 1. The lowest BCUT2D eigenvalue weighted by Crippen LogP contribution is -2.14. The Morgan fingerprint density at radius 1 is 1.42 bits per heavy atom. The van der Waals surface area contributed by atoms with Crippen LogP contribution in [-0.4, -0.2) is 38.1 Å². The molecule has 19 heavy (non-hydrogen) atoms. The summed E-state index contributed by atoms with van der Waals surface area (Å²) in [6.45, 7) is 5.05. The fourth-order valence-electron chi connectivity index (χ4n) is 2.19. The van der Waals surface area contributed by atoms with Gasteiger partial charge in [-0.2, -0.15) is 0 Å². The average molecular weight is 266 g/mol. The van der Waals surface area contributed by atoms with E-state index in [-0.39, 0.29) is 0 Å². The van der Waals surface area contributed by atoms with Crippen LogP contribution in [0.25, 0.3) is 0 Å². The summed E-state index contributed by atoms with van der Waals surface area (Å²) in [5.41, 5.74) is 0.784. The molecule has 1 aromatic carbocycles. The van der Waals surface area contributed by atoms with Crippen molar-refractivity contribution < 1.29 is 19.3 Å². The number of ether oxygens (including phenoxy) is 3. The fraction of sp³-hybridized carbons (Fsp3) is 0.600. The van der Waals surface area contributed by atoms with Crippen molar-refractivity contribution in [2.24, 2.45) is 5.92 Å². The van der Waals surface area contributed by atoms with Gasteiger partial charge in [-0.3, -0.25) is 0 Å². The molecular weight excluding hydrogens is 244 g/mol. The first-order valence-electron chi connectivity index (χ1n) is 6.86. The second-order valence-electron chi connectivity index (χ2n) is 4.75. The van der Waals surface area contributed by atoms with Crippen molar-refractivity contribution in [3.8, 4) is 5.75 Å². The van der Waals surface area contributed by atoms with Crippen molar-refractivity contribution >= 4 is 0 Å². The average Bonchev–Trinajstić information content (AvgIpc) is 2.93. The third kappa shape index (κ3) is 4.20. The summed E-state index contributed by atoms with van der Waals surface area (Å²) in [6, 6.07) is 7.54. The van der Waals surface area contributed by atoms with E-state index in [4.69, 9.17) is 14.2 Å². The minimum atomic E-state index is -0.648. The van der Waals surface area contributed by atoms with Gasteiger partial charge in [-0.1, -0.05) is 18.2 Å². The molecule has 1 saturated heterocycles. The number of rotatable bonds is 7. The molecule has 106 valence electrons. The Bertz CT molecular complexity index is 374. The number of aliphatic hydroxyl groups is 1. The molecule has 2 unspecified atom stereocenters. The van der Waals surface area contributed by atoms with Gasteiger partial charge in [0.25, 0.3) is 0 Å². The minimum absolute atomic E-state index is 0.292. The predicted octanol–water partition coefficient (Wildman–Crippen LogP) is 2.17. The van der Waals surface area contributed by atoms with Gasteiger partial charge in [0.2, 0.25) is 0 Å². The predicted molar refractivity (Wildman–Crippen MR) is 72.3 cm³/mol. The maximum Gasteiger partial charge on any atom is 0.125 e. The Morgan fingerprint density at radius 3 is 3.00 bits per heavy atom. The summed E-state index contributed by atoms with van der Waals surface area (Å²) < 4.78 is 16.4. The van der Waals surface area contributed by atoms with Gasteiger partial charge in [0, 0.05) is 18.1 Å². The van der Waals surface area contributed by atoms with Crippen LogP contribution in [0.2, 0.25) is 0 Å². The Kier molecular flexibility index (Phi) is 5.63. The highest BCUT2D eigenvalue weighted by molar-refractivity contribution is 5.35. The number of aliphatic hydroxyl groups excluding tert-OH is 1. The summed E-state index contributed by atoms with van der Waals surface area (Å²) in [5, 5.41) is 10.2. The quantitative estimate of drug-likeness (QED) is 0.821.